The fourth-order valence-corrected chi connectivity index (χ4v) is 4.65. The first-order valence-corrected chi connectivity index (χ1v) is 9.97. The van der Waals surface area contributed by atoms with Gasteiger partial charge in [0.25, 0.3) is 0 Å². The minimum atomic E-state index is -3.43. The maximum absolute atomic E-state index is 11.8. The van der Waals surface area contributed by atoms with Gasteiger partial charge in [-0.25, -0.2) is 17.4 Å². The highest BCUT2D eigenvalue weighted by molar-refractivity contribution is 7.89. The fraction of sp³-hybridized carbons (Fsp3) is 0.667. The van der Waals surface area contributed by atoms with Crippen molar-refractivity contribution in [3.63, 3.8) is 0 Å². The van der Waals surface area contributed by atoms with Crippen molar-refractivity contribution < 1.29 is 23.7 Å². The number of aliphatic hydroxyl groups is 3. The van der Waals surface area contributed by atoms with E-state index in [4.69, 9.17) is 15.3 Å². The summed E-state index contributed by atoms with van der Waals surface area (Å²) in [5, 5.41) is 27.5. The highest BCUT2D eigenvalue weighted by atomic mass is 32.2. The summed E-state index contributed by atoms with van der Waals surface area (Å²) in [5.74, 6) is -0.0991. The van der Waals surface area contributed by atoms with Crippen LogP contribution in [0.25, 0.3) is 0 Å². The van der Waals surface area contributed by atoms with Crippen LogP contribution in [-0.4, -0.2) is 65.2 Å². The molecule has 0 aromatic carbocycles. The van der Waals surface area contributed by atoms with E-state index in [0.717, 1.165) is 3.97 Å². The van der Waals surface area contributed by atoms with E-state index in [1.807, 2.05) is 0 Å². The largest absolute Gasteiger partial charge is 0.399 e. The summed E-state index contributed by atoms with van der Waals surface area (Å²) in [6, 6.07) is 0.366. The van der Waals surface area contributed by atoms with Gasteiger partial charge in [0.2, 0.25) is 10.0 Å². The van der Waals surface area contributed by atoms with Crippen LogP contribution in [0.1, 0.15) is 6.42 Å². The average Bonchev–Trinajstić information content (AvgIpc) is 2.90. The molecule has 0 amide bonds. The third-order valence-electron chi connectivity index (χ3n) is 2.92. The minimum Gasteiger partial charge on any atom is -0.399 e. The number of aliphatic hydroxyl groups excluding tert-OH is 3. The van der Waals surface area contributed by atoms with Gasteiger partial charge in [0.05, 0.1) is 5.75 Å². The van der Waals surface area contributed by atoms with Gasteiger partial charge in [0, 0.05) is 31.1 Å². The second kappa shape index (κ2) is 6.43. The summed E-state index contributed by atoms with van der Waals surface area (Å²) in [6.07, 6.45) is 3.51. The van der Waals surface area contributed by atoms with Crippen molar-refractivity contribution >= 4 is 18.1 Å². The van der Waals surface area contributed by atoms with E-state index < -0.39 is 18.1 Å². The van der Waals surface area contributed by atoms with Gasteiger partial charge in [-0.15, -0.1) is 0 Å². The maximum atomic E-state index is 11.8. The van der Waals surface area contributed by atoms with Crippen LogP contribution < -0.4 is 0 Å². The molecule has 7 nitrogen and oxygen atoms in total. The summed E-state index contributed by atoms with van der Waals surface area (Å²) in [5.41, 5.74) is 0. The number of rotatable bonds is 8. The molecule has 9 heteroatoms. The Balaban J connectivity index is 2.56. The molecule has 0 radical (unpaired) electrons. The monoisotopic (exact) mass is 294 g/mol. The van der Waals surface area contributed by atoms with Gasteiger partial charge >= 0.3 is 0 Å². The summed E-state index contributed by atoms with van der Waals surface area (Å²) in [6.45, 7) is 0. The normalized spacial score (nSPS) is 12.8. The molecule has 1 heterocycles. The molecule has 18 heavy (non-hydrogen) atoms. The zero-order valence-corrected chi connectivity index (χ0v) is 11.8. The lowest BCUT2D eigenvalue weighted by Gasteiger charge is -2.24. The molecule has 1 rings (SSSR count). The fourth-order valence-electron chi connectivity index (χ4n) is 1.53. The average molecular weight is 294 g/mol. The van der Waals surface area contributed by atoms with Crippen molar-refractivity contribution in [2.45, 2.75) is 12.5 Å². The summed E-state index contributed by atoms with van der Waals surface area (Å²) >= 11 is 0. The van der Waals surface area contributed by atoms with Crippen molar-refractivity contribution in [1.29, 1.82) is 0 Å². The second-order valence-corrected chi connectivity index (χ2v) is 10.7. The Morgan fingerprint density at radius 3 is 2.22 bits per heavy atom. The molecule has 0 saturated heterocycles. The highest BCUT2D eigenvalue weighted by Gasteiger charge is 2.31. The van der Waals surface area contributed by atoms with Crippen LogP contribution in [0.15, 0.2) is 18.7 Å². The van der Waals surface area contributed by atoms with Crippen LogP contribution in [0.2, 0.25) is 6.04 Å². The molecular weight excluding hydrogens is 276 g/mol. The summed E-state index contributed by atoms with van der Waals surface area (Å²) in [4.78, 5) is 3.67. The van der Waals surface area contributed by atoms with Crippen LogP contribution in [0, 0.1) is 0 Å². The molecule has 3 N–H and O–H groups in total. The van der Waals surface area contributed by atoms with Crippen molar-refractivity contribution in [1.82, 2.24) is 8.96 Å². The predicted octanol–water partition coefficient (Wildman–Crippen LogP) is -1.51. The van der Waals surface area contributed by atoms with Crippen LogP contribution in [0.3, 0.4) is 0 Å². The van der Waals surface area contributed by atoms with E-state index in [9.17, 15) is 8.42 Å². The Bertz CT molecular complexity index is 435. The lowest BCUT2D eigenvalue weighted by Crippen LogP contribution is -2.48. The van der Waals surface area contributed by atoms with Crippen molar-refractivity contribution in [2.75, 3.05) is 24.4 Å². The molecular formula is C9H18N2O5SSi. The van der Waals surface area contributed by atoms with E-state index in [2.05, 4.69) is 4.98 Å². The lowest BCUT2D eigenvalue weighted by molar-refractivity contribution is 0.286. The summed E-state index contributed by atoms with van der Waals surface area (Å²) < 4.78 is 24.6. The number of imidazole rings is 1. The van der Waals surface area contributed by atoms with Gasteiger partial charge in [-0.05, 0) is 6.42 Å². The first kappa shape index (κ1) is 15.3. The highest BCUT2D eigenvalue weighted by Crippen LogP contribution is 2.12. The topological polar surface area (TPSA) is 113 Å². The smallest absolute Gasteiger partial charge is 0.239 e. The molecule has 104 valence electrons. The minimum absolute atomic E-state index is 0.0991. The van der Waals surface area contributed by atoms with E-state index in [-0.39, 0.29) is 24.4 Å². The zero-order valence-electron chi connectivity index (χ0n) is 9.94. The Morgan fingerprint density at radius 1 is 1.17 bits per heavy atom. The van der Waals surface area contributed by atoms with Crippen molar-refractivity contribution in [2.24, 2.45) is 0 Å². The van der Waals surface area contributed by atoms with Gasteiger partial charge in [-0.3, -0.25) is 0 Å². The van der Waals surface area contributed by atoms with Gasteiger partial charge in [0.1, 0.15) is 14.4 Å². The quantitative estimate of drug-likeness (QED) is 0.503. The Hall–Kier alpha value is -0.743. The van der Waals surface area contributed by atoms with Crippen molar-refractivity contribution in [3.8, 4) is 0 Å². The van der Waals surface area contributed by atoms with Gasteiger partial charge in [0.15, 0.2) is 0 Å². The van der Waals surface area contributed by atoms with Gasteiger partial charge < -0.3 is 15.3 Å². The van der Waals surface area contributed by atoms with Gasteiger partial charge in [-0.2, -0.15) is 0 Å². The molecule has 0 aliphatic carbocycles. The van der Waals surface area contributed by atoms with Crippen LogP contribution in [-0.2, 0) is 10.0 Å². The second-order valence-electron chi connectivity index (χ2n) is 4.29. The standard InChI is InChI=1S/C9H18N2O5SSi/c12-7-18(8-13,9-14)5-1-4-17(15,16)11-3-2-10-6-11/h2-3,6,12-14H,1,4-5,7-9H2. The summed E-state index contributed by atoms with van der Waals surface area (Å²) in [7, 11) is -5.96. The van der Waals surface area contributed by atoms with Gasteiger partial charge in [-0.1, -0.05) is 6.04 Å². The Kier molecular flexibility index (Phi) is 5.47. The maximum Gasteiger partial charge on any atom is 0.239 e. The number of hydrogen-bond acceptors (Lipinski definition) is 6. The molecule has 1 aromatic heterocycles. The molecule has 0 atom stereocenters. The number of nitrogens with zero attached hydrogens (tertiary/aromatic N) is 2. The molecule has 0 saturated carbocycles. The van der Waals surface area contributed by atoms with E-state index in [1.165, 1.54) is 18.7 Å². The third-order valence-corrected chi connectivity index (χ3v) is 8.01. The van der Waals surface area contributed by atoms with Crippen LogP contribution in [0.5, 0.6) is 0 Å². The Labute approximate surface area is 107 Å². The molecule has 0 spiro atoms. The zero-order chi connectivity index (χ0) is 13.6. The molecule has 0 unspecified atom stereocenters. The first-order valence-electron chi connectivity index (χ1n) is 5.53. The third kappa shape index (κ3) is 3.62. The first-order chi connectivity index (χ1) is 8.49. The number of hydrogen-bond donors (Lipinski definition) is 3. The molecule has 0 aliphatic rings. The van der Waals surface area contributed by atoms with Crippen molar-refractivity contribution in [3.05, 3.63) is 18.7 Å². The molecule has 0 fully saturated rings. The predicted molar refractivity (Wildman–Crippen MR) is 67.8 cm³/mol. The van der Waals surface area contributed by atoms with Crippen LogP contribution >= 0.6 is 0 Å². The molecule has 0 aliphatic heterocycles. The molecule has 1 aromatic rings. The van der Waals surface area contributed by atoms with E-state index in [0.29, 0.717) is 12.5 Å². The molecule has 0 bridgehead atoms. The van der Waals surface area contributed by atoms with E-state index in [1.54, 1.807) is 0 Å². The van der Waals surface area contributed by atoms with E-state index >= 15 is 0 Å². The Morgan fingerprint density at radius 2 is 1.78 bits per heavy atom. The lowest BCUT2D eigenvalue weighted by atomic mass is 10.6. The number of aromatic nitrogens is 2. The SMILES string of the molecule is O=S(=O)(CCC[Si](CO)(CO)CO)n1ccnc1. The van der Waals surface area contributed by atoms with Crippen LogP contribution in [0.4, 0.5) is 0 Å².